The van der Waals surface area contributed by atoms with Crippen LogP contribution in [-0.4, -0.2) is 22.9 Å². The third kappa shape index (κ3) is 11.0. The van der Waals surface area contributed by atoms with Crippen molar-refractivity contribution < 1.29 is 21.1 Å². The summed E-state index contributed by atoms with van der Waals surface area (Å²) < 4.78 is 5.09. The number of esters is 1. The molecule has 0 aliphatic rings. The number of hydrogen-bond donors (Lipinski definition) is 2. The van der Waals surface area contributed by atoms with Gasteiger partial charge in [0.1, 0.15) is 12.6 Å². The molecule has 22 heavy (non-hydrogen) atoms. The fraction of sp³-hybridized carbons (Fsp3) is 0.471. The van der Waals surface area contributed by atoms with Crippen LogP contribution in [0.25, 0.3) is 0 Å². The van der Waals surface area contributed by atoms with Gasteiger partial charge in [-0.05, 0) is 39.7 Å². The zero-order chi connectivity index (χ0) is 17.2. The highest BCUT2D eigenvalue weighted by atomic mass is 17.1. The van der Waals surface area contributed by atoms with E-state index in [0.29, 0.717) is 6.42 Å². The molecule has 1 aromatic carbocycles. The van der Waals surface area contributed by atoms with Crippen LogP contribution in [0.15, 0.2) is 42.5 Å². The Balaban J connectivity index is 0. The molecule has 5 nitrogen and oxygen atoms in total. The molecule has 0 spiro atoms. The predicted molar refractivity (Wildman–Crippen MR) is 89.2 cm³/mol. The van der Waals surface area contributed by atoms with E-state index in [4.69, 9.17) is 15.7 Å². The van der Waals surface area contributed by atoms with Crippen molar-refractivity contribution in [1.82, 2.24) is 0 Å². The van der Waals surface area contributed by atoms with Crippen LogP contribution in [0, 0.1) is 0 Å². The molecule has 0 aliphatic carbocycles. The van der Waals surface area contributed by atoms with Gasteiger partial charge in [0, 0.05) is 1.43 Å². The summed E-state index contributed by atoms with van der Waals surface area (Å²) in [4.78, 5) is 15.4. The average molecular weight is 311 g/mol. The van der Waals surface area contributed by atoms with Gasteiger partial charge >= 0.3 is 5.97 Å². The van der Waals surface area contributed by atoms with Gasteiger partial charge in [0.25, 0.3) is 0 Å². The molecule has 3 N–H and O–H groups in total. The molecule has 0 fully saturated rings. The zero-order valence-electron chi connectivity index (χ0n) is 13.8. The number of ether oxygens (including phenoxy) is 1. The van der Waals surface area contributed by atoms with Crippen molar-refractivity contribution in [3.63, 3.8) is 0 Å². The molecule has 0 amide bonds. The van der Waals surface area contributed by atoms with Crippen LogP contribution in [0.4, 0.5) is 0 Å². The smallest absolute Gasteiger partial charge is 0.323 e. The quantitative estimate of drug-likeness (QED) is 0.376. The monoisotopic (exact) mass is 311 g/mol. The highest BCUT2D eigenvalue weighted by Gasteiger charge is 2.14. The van der Waals surface area contributed by atoms with Gasteiger partial charge in [0.15, 0.2) is 0 Å². The van der Waals surface area contributed by atoms with Crippen molar-refractivity contribution in [1.29, 1.82) is 0 Å². The minimum atomic E-state index is -0.610. The maximum atomic E-state index is 11.5. The van der Waals surface area contributed by atoms with E-state index in [1.807, 2.05) is 37.3 Å². The molecule has 0 unspecified atom stereocenters. The number of hydrogen-bond acceptors (Lipinski definition) is 5. The van der Waals surface area contributed by atoms with Crippen LogP contribution in [0.3, 0.4) is 0 Å². The summed E-state index contributed by atoms with van der Waals surface area (Å²) >= 11 is 0. The first kappa shape index (κ1) is 20.3. The molecule has 0 aliphatic heterocycles. The number of benzene rings is 1. The van der Waals surface area contributed by atoms with Gasteiger partial charge in [0.2, 0.25) is 0 Å². The van der Waals surface area contributed by atoms with E-state index < -0.39 is 11.6 Å². The molecule has 0 heterocycles. The lowest BCUT2D eigenvalue weighted by Gasteiger charge is -2.11. The fourth-order valence-electron chi connectivity index (χ4n) is 1.29. The molecule has 0 bridgehead atoms. The van der Waals surface area contributed by atoms with E-state index in [-0.39, 0.29) is 14.0 Å². The Morgan fingerprint density at radius 1 is 1.36 bits per heavy atom. The Bertz CT molecular complexity index is 457. The number of nitrogens with two attached hydrogens (primary N) is 1. The van der Waals surface area contributed by atoms with Crippen molar-refractivity contribution in [2.75, 3.05) is 0 Å². The molecule has 1 rings (SSSR count). The Kier molecular flexibility index (Phi) is 9.33. The van der Waals surface area contributed by atoms with Gasteiger partial charge in [-0.25, -0.2) is 4.89 Å². The summed E-state index contributed by atoms with van der Waals surface area (Å²) in [6.45, 7) is 11.1. The minimum Gasteiger partial charge on any atom is -0.460 e. The van der Waals surface area contributed by atoms with Crippen molar-refractivity contribution in [2.24, 2.45) is 5.73 Å². The third-order valence-electron chi connectivity index (χ3n) is 2.37. The SMILES string of the molecule is C=C(C)C[C@H](N)C(=O)OCc1ccccc1.CC(C)(C)OO.[HH]. The Hall–Kier alpha value is -1.69. The molecule has 0 aromatic heterocycles. The summed E-state index contributed by atoms with van der Waals surface area (Å²) in [5.41, 5.74) is 7.08. The van der Waals surface area contributed by atoms with Crippen molar-refractivity contribution in [3.8, 4) is 0 Å². The lowest BCUT2D eigenvalue weighted by Crippen LogP contribution is -2.32. The first-order valence-corrected chi connectivity index (χ1v) is 7.09. The van der Waals surface area contributed by atoms with E-state index in [2.05, 4.69) is 11.5 Å². The van der Waals surface area contributed by atoms with E-state index in [1.165, 1.54) is 0 Å². The van der Waals surface area contributed by atoms with E-state index >= 15 is 0 Å². The number of rotatable bonds is 5. The van der Waals surface area contributed by atoms with Crippen LogP contribution >= 0.6 is 0 Å². The first-order chi connectivity index (χ1) is 10.2. The molecule has 5 heteroatoms. The second-order valence-electron chi connectivity index (χ2n) is 6.06. The number of carbonyl (C=O) groups excluding carboxylic acids is 1. The normalized spacial score (nSPS) is 11.9. The molecule has 0 saturated heterocycles. The molecule has 126 valence electrons. The van der Waals surface area contributed by atoms with Crippen LogP contribution in [0.5, 0.6) is 0 Å². The van der Waals surface area contributed by atoms with Gasteiger partial charge in [-0.1, -0.05) is 35.9 Å². The first-order valence-electron chi connectivity index (χ1n) is 7.09. The van der Waals surface area contributed by atoms with Crippen LogP contribution in [0.2, 0.25) is 0 Å². The summed E-state index contributed by atoms with van der Waals surface area (Å²) in [5, 5.41) is 7.90. The predicted octanol–water partition coefficient (Wildman–Crippen LogP) is 3.54. The Morgan fingerprint density at radius 3 is 2.27 bits per heavy atom. The summed E-state index contributed by atoms with van der Waals surface area (Å²) in [7, 11) is 0. The van der Waals surface area contributed by atoms with Crippen molar-refractivity contribution >= 4 is 5.97 Å². The van der Waals surface area contributed by atoms with Gasteiger partial charge in [-0.15, -0.1) is 6.58 Å². The van der Waals surface area contributed by atoms with E-state index in [1.54, 1.807) is 20.8 Å². The highest BCUT2D eigenvalue weighted by Crippen LogP contribution is 2.05. The van der Waals surface area contributed by atoms with Crippen LogP contribution in [-0.2, 0) is 21.0 Å². The molecule has 1 atom stereocenters. The maximum absolute atomic E-state index is 11.5. The minimum absolute atomic E-state index is 0. The Labute approximate surface area is 134 Å². The van der Waals surface area contributed by atoms with E-state index in [0.717, 1.165) is 11.1 Å². The lowest BCUT2D eigenvalue weighted by molar-refractivity contribution is -0.306. The van der Waals surface area contributed by atoms with Gasteiger partial charge in [-0.2, -0.15) is 0 Å². The summed E-state index contributed by atoms with van der Waals surface area (Å²) in [6.07, 6.45) is 0.466. The van der Waals surface area contributed by atoms with Crippen molar-refractivity contribution in [2.45, 2.75) is 52.4 Å². The summed E-state index contributed by atoms with van der Waals surface area (Å²) in [6, 6.07) is 8.91. The van der Waals surface area contributed by atoms with Gasteiger partial charge in [0.05, 0.1) is 5.60 Å². The molecular weight excluding hydrogens is 282 g/mol. The molecule has 0 radical (unpaired) electrons. The maximum Gasteiger partial charge on any atom is 0.323 e. The fourth-order valence-corrected chi connectivity index (χ4v) is 1.29. The topological polar surface area (TPSA) is 81.8 Å². The Morgan fingerprint density at radius 2 is 1.86 bits per heavy atom. The largest absolute Gasteiger partial charge is 0.460 e. The van der Waals surface area contributed by atoms with Gasteiger partial charge < -0.3 is 10.5 Å². The van der Waals surface area contributed by atoms with E-state index in [9.17, 15) is 4.79 Å². The molecule has 1 aromatic rings. The third-order valence-corrected chi connectivity index (χ3v) is 2.37. The van der Waals surface area contributed by atoms with Crippen LogP contribution in [0.1, 0.15) is 41.1 Å². The molecular formula is C17H29NO4. The second-order valence-corrected chi connectivity index (χ2v) is 6.06. The average Bonchev–Trinajstić information content (AvgIpc) is 2.45. The van der Waals surface area contributed by atoms with Crippen LogP contribution < -0.4 is 5.73 Å². The van der Waals surface area contributed by atoms with Crippen molar-refractivity contribution in [3.05, 3.63) is 48.0 Å². The zero-order valence-corrected chi connectivity index (χ0v) is 13.8. The number of carbonyl (C=O) groups is 1. The molecule has 0 saturated carbocycles. The lowest BCUT2D eigenvalue weighted by atomic mass is 10.1. The van der Waals surface area contributed by atoms with Gasteiger partial charge in [-0.3, -0.25) is 10.1 Å². The highest BCUT2D eigenvalue weighted by molar-refractivity contribution is 5.75. The summed E-state index contributed by atoms with van der Waals surface area (Å²) in [5.74, 6) is -0.383. The second kappa shape index (κ2) is 10.1. The standard InChI is InChI=1S/C13H17NO2.C4H10O2.H2/c1-10(2)8-12(14)13(15)16-9-11-6-4-3-5-7-11;1-4(2,3)6-5;/h3-7,12H,1,8-9,14H2,2H3;5H,1-3H3;1H/t12-;;/m0../s1.